The minimum atomic E-state index is -3.08. The topological polar surface area (TPSA) is 73.8 Å². The molecule has 0 N–H and O–H groups in total. The second-order valence-electron chi connectivity index (χ2n) is 8.78. The molecule has 2 aliphatic rings. The van der Waals surface area contributed by atoms with E-state index in [0.29, 0.717) is 13.0 Å². The van der Waals surface area contributed by atoms with Crippen molar-refractivity contribution in [2.45, 2.75) is 19.0 Å². The third kappa shape index (κ3) is 5.27. The molecular weight excluding hydrogens is 456 g/mol. The summed E-state index contributed by atoms with van der Waals surface area (Å²) in [5.74, 6) is 0.172. The first-order valence-corrected chi connectivity index (χ1v) is 14.0. The molecular formula is C24H28N4O3S2. The van der Waals surface area contributed by atoms with Crippen LogP contribution in [-0.2, 0) is 21.2 Å². The first-order chi connectivity index (χ1) is 16.0. The second kappa shape index (κ2) is 9.50. The van der Waals surface area contributed by atoms with Crippen LogP contribution in [0.4, 0.5) is 5.69 Å². The van der Waals surface area contributed by atoms with Gasteiger partial charge in [-0.2, -0.15) is 0 Å². The molecule has 1 atom stereocenters. The Bertz CT molecular complexity index is 1190. The lowest BCUT2D eigenvalue weighted by Gasteiger charge is -2.36. The number of nitrogens with zero attached hydrogens (tertiary/aromatic N) is 4. The van der Waals surface area contributed by atoms with Gasteiger partial charge >= 0.3 is 0 Å². The van der Waals surface area contributed by atoms with Crippen molar-refractivity contribution < 1.29 is 13.2 Å². The first kappa shape index (κ1) is 22.5. The Kier molecular flexibility index (Phi) is 6.47. The van der Waals surface area contributed by atoms with Crippen molar-refractivity contribution in [2.75, 3.05) is 49.1 Å². The van der Waals surface area contributed by atoms with Gasteiger partial charge in [0.15, 0.2) is 9.84 Å². The standard InChI is InChI=1S/C24H28N4O3S2/c29-24(28(19-6-2-1-3-7-19)20-10-15-33(30,31)18-20)17-27-13-11-26(12-14-27)16-23-25-21-8-4-5-9-22(21)32-23/h1-9,20H,10-18H2/t20-/m1/s1. The molecule has 2 aliphatic heterocycles. The number of carbonyl (C=O) groups is 1. The number of amides is 1. The molecule has 1 amide bonds. The normalized spacial score (nSPS) is 21.4. The Balaban J connectivity index is 1.20. The van der Waals surface area contributed by atoms with Gasteiger partial charge in [-0.1, -0.05) is 30.3 Å². The fourth-order valence-electron chi connectivity index (χ4n) is 4.68. The quantitative estimate of drug-likeness (QED) is 0.536. The highest BCUT2D eigenvalue weighted by Crippen LogP contribution is 2.26. The average molecular weight is 485 g/mol. The van der Waals surface area contributed by atoms with Gasteiger partial charge in [0, 0.05) is 31.9 Å². The van der Waals surface area contributed by atoms with Crippen LogP contribution in [0.15, 0.2) is 54.6 Å². The van der Waals surface area contributed by atoms with Crippen LogP contribution in [-0.4, -0.2) is 79.4 Å². The Morgan fingerprint density at radius 3 is 2.39 bits per heavy atom. The van der Waals surface area contributed by atoms with Crippen LogP contribution in [0.25, 0.3) is 10.2 Å². The van der Waals surface area contributed by atoms with Crippen LogP contribution in [0.3, 0.4) is 0 Å². The highest BCUT2D eigenvalue weighted by molar-refractivity contribution is 7.91. The molecule has 5 rings (SSSR count). The molecule has 33 heavy (non-hydrogen) atoms. The van der Waals surface area contributed by atoms with Crippen molar-refractivity contribution in [3.63, 3.8) is 0 Å². The summed E-state index contributed by atoms with van der Waals surface area (Å²) in [6.45, 7) is 4.51. The summed E-state index contributed by atoms with van der Waals surface area (Å²) in [5.41, 5.74) is 1.83. The summed E-state index contributed by atoms with van der Waals surface area (Å²) in [7, 11) is -3.08. The fraction of sp³-hybridized carbons (Fsp3) is 0.417. The van der Waals surface area contributed by atoms with E-state index in [0.717, 1.165) is 48.9 Å². The number of benzene rings is 2. The molecule has 2 fully saturated rings. The molecule has 0 aliphatic carbocycles. The molecule has 0 radical (unpaired) electrons. The Labute approximate surface area is 198 Å². The van der Waals surface area contributed by atoms with E-state index in [1.165, 1.54) is 4.70 Å². The van der Waals surface area contributed by atoms with Crippen LogP contribution in [0.5, 0.6) is 0 Å². The Hall–Kier alpha value is -2.33. The predicted octanol–water partition coefficient (Wildman–Crippen LogP) is 2.63. The molecule has 0 bridgehead atoms. The van der Waals surface area contributed by atoms with Crippen molar-refractivity contribution in [1.82, 2.24) is 14.8 Å². The van der Waals surface area contributed by atoms with Gasteiger partial charge in [-0.15, -0.1) is 11.3 Å². The van der Waals surface area contributed by atoms with Crippen LogP contribution in [0, 0.1) is 0 Å². The molecule has 7 nitrogen and oxygen atoms in total. The molecule has 174 valence electrons. The number of fused-ring (bicyclic) bond motifs is 1. The van der Waals surface area contributed by atoms with Gasteiger partial charge in [-0.3, -0.25) is 14.6 Å². The van der Waals surface area contributed by atoms with Crippen LogP contribution < -0.4 is 4.90 Å². The van der Waals surface area contributed by atoms with Gasteiger partial charge in [0.2, 0.25) is 5.91 Å². The minimum absolute atomic E-state index is 0.0251. The maximum Gasteiger partial charge on any atom is 0.241 e. The van der Waals surface area contributed by atoms with Crippen molar-refractivity contribution >= 4 is 43.0 Å². The van der Waals surface area contributed by atoms with Gasteiger partial charge in [0.05, 0.1) is 40.9 Å². The van der Waals surface area contributed by atoms with E-state index in [9.17, 15) is 13.2 Å². The SMILES string of the molecule is O=C(CN1CCN(Cc2nc3ccccc3s2)CC1)N(c1ccccc1)[C@@H]1CCS(=O)(=O)C1. The summed E-state index contributed by atoms with van der Waals surface area (Å²) in [6, 6.07) is 17.4. The maximum absolute atomic E-state index is 13.3. The zero-order valence-corrected chi connectivity index (χ0v) is 20.1. The number of anilines is 1. The molecule has 3 aromatic rings. The number of para-hydroxylation sites is 2. The third-order valence-corrected chi connectivity index (χ3v) is 9.17. The summed E-state index contributed by atoms with van der Waals surface area (Å²) < 4.78 is 25.4. The smallest absolute Gasteiger partial charge is 0.241 e. The van der Waals surface area contributed by atoms with E-state index in [2.05, 4.69) is 15.9 Å². The van der Waals surface area contributed by atoms with Crippen molar-refractivity contribution in [3.05, 3.63) is 59.6 Å². The van der Waals surface area contributed by atoms with E-state index < -0.39 is 9.84 Å². The van der Waals surface area contributed by atoms with E-state index in [1.807, 2.05) is 48.5 Å². The molecule has 0 spiro atoms. The molecule has 0 unspecified atom stereocenters. The van der Waals surface area contributed by atoms with E-state index in [1.54, 1.807) is 16.2 Å². The lowest BCUT2D eigenvalue weighted by atomic mass is 10.1. The predicted molar refractivity (Wildman–Crippen MR) is 132 cm³/mol. The number of sulfone groups is 1. The van der Waals surface area contributed by atoms with Gasteiger partial charge in [-0.25, -0.2) is 13.4 Å². The van der Waals surface area contributed by atoms with Gasteiger partial charge in [-0.05, 0) is 30.7 Å². The van der Waals surface area contributed by atoms with Crippen molar-refractivity contribution in [1.29, 1.82) is 0 Å². The summed E-state index contributed by atoms with van der Waals surface area (Å²) in [6.07, 6.45) is 0.499. The number of carbonyl (C=O) groups excluding carboxylic acids is 1. The zero-order valence-electron chi connectivity index (χ0n) is 18.5. The Morgan fingerprint density at radius 1 is 1.00 bits per heavy atom. The summed E-state index contributed by atoms with van der Waals surface area (Å²) >= 11 is 1.74. The number of hydrogen-bond acceptors (Lipinski definition) is 7. The lowest BCUT2D eigenvalue weighted by Crippen LogP contribution is -2.51. The monoisotopic (exact) mass is 484 g/mol. The van der Waals surface area contributed by atoms with Crippen molar-refractivity contribution in [2.24, 2.45) is 0 Å². The lowest BCUT2D eigenvalue weighted by molar-refractivity contribution is -0.120. The van der Waals surface area contributed by atoms with Gasteiger partial charge < -0.3 is 4.90 Å². The number of aromatic nitrogens is 1. The van der Waals surface area contributed by atoms with Crippen molar-refractivity contribution in [3.8, 4) is 0 Å². The molecule has 2 saturated heterocycles. The minimum Gasteiger partial charge on any atom is -0.307 e. The number of rotatable bonds is 6. The van der Waals surface area contributed by atoms with Gasteiger partial charge in [0.1, 0.15) is 5.01 Å². The summed E-state index contributed by atoms with van der Waals surface area (Å²) in [5, 5.41) is 1.12. The first-order valence-electron chi connectivity index (χ1n) is 11.3. The highest BCUT2D eigenvalue weighted by Gasteiger charge is 2.36. The van der Waals surface area contributed by atoms with Gasteiger partial charge in [0.25, 0.3) is 0 Å². The van der Waals surface area contributed by atoms with E-state index in [4.69, 9.17) is 4.98 Å². The third-order valence-electron chi connectivity index (χ3n) is 6.40. The maximum atomic E-state index is 13.3. The molecule has 3 heterocycles. The average Bonchev–Trinajstić information content (AvgIpc) is 3.38. The highest BCUT2D eigenvalue weighted by atomic mass is 32.2. The molecule has 2 aromatic carbocycles. The zero-order chi connectivity index (χ0) is 22.8. The summed E-state index contributed by atoms with van der Waals surface area (Å²) in [4.78, 5) is 24.4. The van der Waals surface area contributed by atoms with Crippen LogP contribution >= 0.6 is 11.3 Å². The van der Waals surface area contributed by atoms with E-state index >= 15 is 0 Å². The van der Waals surface area contributed by atoms with E-state index in [-0.39, 0.29) is 23.5 Å². The fourth-order valence-corrected chi connectivity index (χ4v) is 7.39. The molecule has 0 saturated carbocycles. The molecule has 1 aromatic heterocycles. The number of piperazine rings is 1. The molecule has 9 heteroatoms. The number of hydrogen-bond donors (Lipinski definition) is 0. The largest absolute Gasteiger partial charge is 0.307 e. The Morgan fingerprint density at radius 2 is 1.70 bits per heavy atom. The van der Waals surface area contributed by atoms with Crippen LogP contribution in [0.2, 0.25) is 0 Å². The van der Waals surface area contributed by atoms with Crippen LogP contribution in [0.1, 0.15) is 11.4 Å². The number of thiazole rings is 1. The second-order valence-corrected chi connectivity index (χ2v) is 12.1.